The maximum atomic E-state index is 13.7. The van der Waals surface area contributed by atoms with Gasteiger partial charge in [-0.25, -0.2) is 9.37 Å². The Hall–Kier alpha value is -2.38. The Balaban J connectivity index is 2.22. The summed E-state index contributed by atoms with van der Waals surface area (Å²) in [5.41, 5.74) is 0.906. The van der Waals surface area contributed by atoms with Crippen LogP contribution in [0.15, 0.2) is 30.6 Å². The van der Waals surface area contributed by atoms with Crippen LogP contribution >= 0.6 is 0 Å². The van der Waals surface area contributed by atoms with E-state index in [1.807, 2.05) is 0 Å². The number of nitrogens with one attached hydrogen (secondary N) is 1. The molecule has 21 heavy (non-hydrogen) atoms. The number of hydrogen-bond donors (Lipinski definition) is 1. The largest absolute Gasteiger partial charge is 0.467 e. The highest BCUT2D eigenvalue weighted by atomic mass is 19.4. The molecular formula is C13H11F4N3O. The molecule has 0 fully saturated rings. The van der Waals surface area contributed by atoms with Gasteiger partial charge in [-0.1, -0.05) is 6.07 Å². The van der Waals surface area contributed by atoms with Crippen molar-refractivity contribution in [3.63, 3.8) is 0 Å². The lowest BCUT2D eigenvalue weighted by atomic mass is 10.1. The second-order valence-electron chi connectivity index (χ2n) is 4.09. The Bertz CT molecular complexity index is 631. The van der Waals surface area contributed by atoms with E-state index in [2.05, 4.69) is 20.0 Å². The molecule has 2 aromatic rings. The van der Waals surface area contributed by atoms with Crippen molar-refractivity contribution in [1.82, 2.24) is 9.97 Å². The van der Waals surface area contributed by atoms with E-state index in [1.165, 1.54) is 18.3 Å². The molecule has 8 heteroatoms. The molecule has 2 rings (SSSR count). The fourth-order valence-corrected chi connectivity index (χ4v) is 1.59. The van der Waals surface area contributed by atoms with E-state index < -0.39 is 18.6 Å². The average molecular weight is 301 g/mol. The first-order chi connectivity index (χ1) is 9.89. The van der Waals surface area contributed by atoms with Crippen LogP contribution in [0.2, 0.25) is 0 Å². The van der Waals surface area contributed by atoms with Crippen LogP contribution in [0.1, 0.15) is 0 Å². The van der Waals surface area contributed by atoms with Gasteiger partial charge in [0.25, 0.3) is 0 Å². The maximum Gasteiger partial charge on any atom is 0.422 e. The Morgan fingerprint density at radius 1 is 1.24 bits per heavy atom. The van der Waals surface area contributed by atoms with Gasteiger partial charge in [0, 0.05) is 12.6 Å². The van der Waals surface area contributed by atoms with Crippen molar-refractivity contribution in [1.29, 1.82) is 0 Å². The Labute approximate surface area is 117 Å². The third-order valence-corrected chi connectivity index (χ3v) is 2.53. The highest BCUT2D eigenvalue weighted by Gasteiger charge is 2.28. The molecule has 1 N–H and O–H groups in total. The molecule has 1 aromatic carbocycles. The molecule has 0 bridgehead atoms. The SMILES string of the molecule is CNc1ccc(-c2cncc(OCC(F)(F)F)n2)cc1F. The zero-order valence-corrected chi connectivity index (χ0v) is 10.9. The van der Waals surface area contributed by atoms with Crippen LogP contribution in [-0.2, 0) is 0 Å². The smallest absolute Gasteiger partial charge is 0.422 e. The van der Waals surface area contributed by atoms with Gasteiger partial charge in [0.15, 0.2) is 6.61 Å². The topological polar surface area (TPSA) is 47.0 Å². The number of benzene rings is 1. The number of alkyl halides is 3. The molecule has 1 aromatic heterocycles. The van der Waals surface area contributed by atoms with Gasteiger partial charge in [-0.15, -0.1) is 0 Å². The fraction of sp³-hybridized carbons (Fsp3) is 0.231. The summed E-state index contributed by atoms with van der Waals surface area (Å²) in [5.74, 6) is -0.777. The lowest BCUT2D eigenvalue weighted by Crippen LogP contribution is -2.19. The van der Waals surface area contributed by atoms with Crippen LogP contribution in [0.25, 0.3) is 11.3 Å². The van der Waals surface area contributed by atoms with E-state index >= 15 is 0 Å². The van der Waals surface area contributed by atoms with Crippen molar-refractivity contribution in [2.75, 3.05) is 19.0 Å². The van der Waals surface area contributed by atoms with E-state index in [1.54, 1.807) is 13.1 Å². The van der Waals surface area contributed by atoms with Crippen LogP contribution < -0.4 is 10.1 Å². The normalized spacial score (nSPS) is 11.3. The summed E-state index contributed by atoms with van der Waals surface area (Å²) in [4.78, 5) is 7.61. The second kappa shape index (κ2) is 5.94. The summed E-state index contributed by atoms with van der Waals surface area (Å²) in [6.45, 7) is -1.46. The second-order valence-corrected chi connectivity index (χ2v) is 4.09. The first kappa shape index (κ1) is 15.0. The minimum Gasteiger partial charge on any atom is -0.467 e. The van der Waals surface area contributed by atoms with Crippen molar-refractivity contribution in [2.45, 2.75) is 6.18 Å². The molecule has 0 atom stereocenters. The molecule has 0 radical (unpaired) electrons. The predicted octanol–water partition coefficient (Wildman–Crippen LogP) is 3.27. The van der Waals surface area contributed by atoms with Crippen molar-refractivity contribution in [2.24, 2.45) is 0 Å². The molecule has 0 saturated carbocycles. The molecular weight excluding hydrogens is 290 g/mol. The zero-order chi connectivity index (χ0) is 15.5. The van der Waals surface area contributed by atoms with Gasteiger partial charge in [-0.2, -0.15) is 13.2 Å². The minimum atomic E-state index is -4.46. The highest BCUT2D eigenvalue weighted by molar-refractivity contribution is 5.62. The van der Waals surface area contributed by atoms with E-state index in [0.717, 1.165) is 6.20 Å². The van der Waals surface area contributed by atoms with Crippen LogP contribution in [-0.4, -0.2) is 29.8 Å². The number of halogens is 4. The summed E-state index contributed by atoms with van der Waals surface area (Å²) >= 11 is 0. The molecule has 1 heterocycles. The van der Waals surface area contributed by atoms with E-state index in [0.29, 0.717) is 11.3 Å². The maximum absolute atomic E-state index is 13.7. The highest BCUT2D eigenvalue weighted by Crippen LogP contribution is 2.24. The summed E-state index contributed by atoms with van der Waals surface area (Å²) in [6.07, 6.45) is -2.08. The number of nitrogens with zero attached hydrogens (tertiary/aromatic N) is 2. The van der Waals surface area contributed by atoms with Gasteiger partial charge in [0.2, 0.25) is 5.88 Å². The Kier molecular flexibility index (Phi) is 4.25. The molecule has 0 saturated heterocycles. The summed E-state index contributed by atoms with van der Waals surface area (Å²) < 4.78 is 54.4. The Morgan fingerprint density at radius 2 is 2.00 bits per heavy atom. The van der Waals surface area contributed by atoms with Gasteiger partial charge < -0.3 is 10.1 Å². The van der Waals surface area contributed by atoms with Crippen molar-refractivity contribution in [3.8, 4) is 17.1 Å². The molecule has 0 aliphatic carbocycles. The van der Waals surface area contributed by atoms with Gasteiger partial charge in [-0.05, 0) is 12.1 Å². The van der Waals surface area contributed by atoms with Gasteiger partial charge >= 0.3 is 6.18 Å². The molecule has 112 valence electrons. The van der Waals surface area contributed by atoms with E-state index in [9.17, 15) is 17.6 Å². The van der Waals surface area contributed by atoms with E-state index in [-0.39, 0.29) is 11.6 Å². The number of anilines is 1. The predicted molar refractivity (Wildman–Crippen MR) is 68.5 cm³/mol. The summed E-state index contributed by atoms with van der Waals surface area (Å²) in [5, 5.41) is 2.66. The molecule has 0 aliphatic rings. The van der Waals surface area contributed by atoms with Crippen molar-refractivity contribution >= 4 is 5.69 Å². The Morgan fingerprint density at radius 3 is 2.62 bits per heavy atom. The first-order valence-electron chi connectivity index (χ1n) is 5.88. The molecule has 0 unspecified atom stereocenters. The third kappa shape index (κ3) is 4.04. The average Bonchev–Trinajstić information content (AvgIpc) is 2.44. The van der Waals surface area contributed by atoms with Crippen LogP contribution in [0.4, 0.5) is 23.2 Å². The van der Waals surface area contributed by atoms with E-state index in [4.69, 9.17) is 0 Å². The van der Waals surface area contributed by atoms with Gasteiger partial charge in [0.05, 0.1) is 23.8 Å². The van der Waals surface area contributed by atoms with Crippen LogP contribution in [0.5, 0.6) is 5.88 Å². The first-order valence-corrected chi connectivity index (χ1v) is 5.88. The lowest BCUT2D eigenvalue weighted by molar-refractivity contribution is -0.154. The molecule has 4 nitrogen and oxygen atoms in total. The quantitative estimate of drug-likeness (QED) is 0.881. The van der Waals surface area contributed by atoms with Crippen LogP contribution in [0, 0.1) is 5.82 Å². The van der Waals surface area contributed by atoms with Gasteiger partial charge in [-0.3, -0.25) is 4.98 Å². The third-order valence-electron chi connectivity index (χ3n) is 2.53. The zero-order valence-electron chi connectivity index (χ0n) is 10.9. The number of aromatic nitrogens is 2. The molecule has 0 spiro atoms. The van der Waals surface area contributed by atoms with Crippen molar-refractivity contribution in [3.05, 3.63) is 36.4 Å². The van der Waals surface area contributed by atoms with Gasteiger partial charge in [0.1, 0.15) is 5.82 Å². The standard InChI is InChI=1S/C13H11F4N3O/c1-18-10-3-2-8(4-9(10)14)11-5-19-6-12(20-11)21-7-13(15,16)17/h2-6,18H,7H2,1H3. The molecule has 0 amide bonds. The lowest BCUT2D eigenvalue weighted by Gasteiger charge is -2.09. The number of ether oxygens (including phenoxy) is 1. The number of hydrogen-bond acceptors (Lipinski definition) is 4. The van der Waals surface area contributed by atoms with Crippen LogP contribution in [0.3, 0.4) is 0 Å². The van der Waals surface area contributed by atoms with Crippen molar-refractivity contribution < 1.29 is 22.3 Å². The molecule has 0 aliphatic heterocycles. The number of rotatable bonds is 4. The summed E-state index contributed by atoms with van der Waals surface area (Å²) in [6, 6.07) is 4.28. The fourth-order valence-electron chi connectivity index (χ4n) is 1.59. The minimum absolute atomic E-state index is 0.219. The summed E-state index contributed by atoms with van der Waals surface area (Å²) in [7, 11) is 1.57. The monoisotopic (exact) mass is 301 g/mol.